The Morgan fingerprint density at radius 3 is 1.85 bits per heavy atom. The fraction of sp³-hybridized carbons (Fsp3) is 0.0909. The minimum atomic E-state index is -3.75. The summed E-state index contributed by atoms with van der Waals surface area (Å²) in [6.07, 6.45) is 1.67. The molecule has 2 atom stereocenters. The second-order valence-corrected chi connectivity index (χ2v) is 7.93. The summed E-state index contributed by atoms with van der Waals surface area (Å²) in [5, 5.41) is 0. The molecule has 0 heterocycles. The van der Waals surface area contributed by atoms with Gasteiger partial charge in [0.2, 0.25) is 10.0 Å². The van der Waals surface area contributed by atoms with Crippen molar-refractivity contribution in [3.05, 3.63) is 108 Å². The lowest BCUT2D eigenvalue weighted by Gasteiger charge is -2.26. The van der Waals surface area contributed by atoms with Crippen molar-refractivity contribution in [3.63, 3.8) is 0 Å². The quantitative estimate of drug-likeness (QED) is 0.651. The van der Waals surface area contributed by atoms with Gasteiger partial charge in [-0.25, -0.2) is 13.1 Å². The first-order valence-electron chi connectivity index (χ1n) is 8.61. The van der Waals surface area contributed by atoms with E-state index in [4.69, 9.17) is 5.73 Å². The minimum Gasteiger partial charge on any atom is -0.322 e. The standard InChI is InChI=1S/C22H22N2O2S/c1-2-17-13-15-20(16-14-17)27(25,26)24-22(19-11-7-4-8-12-19)21(23)18-9-5-3-6-10-18/h2-16,21-22,24H,1,23H2/t21-,22-/m1/s1. The molecular weight excluding hydrogens is 356 g/mol. The summed E-state index contributed by atoms with van der Waals surface area (Å²) in [6.45, 7) is 3.69. The molecule has 0 saturated heterocycles. The number of nitrogens with one attached hydrogen (secondary N) is 1. The van der Waals surface area contributed by atoms with E-state index in [1.807, 2.05) is 60.7 Å². The van der Waals surface area contributed by atoms with Gasteiger partial charge in [-0.05, 0) is 28.8 Å². The van der Waals surface area contributed by atoms with E-state index in [-0.39, 0.29) is 4.90 Å². The van der Waals surface area contributed by atoms with Crippen LogP contribution in [0.2, 0.25) is 0 Å². The molecule has 138 valence electrons. The Morgan fingerprint density at radius 2 is 1.33 bits per heavy atom. The molecule has 0 amide bonds. The average Bonchev–Trinajstić information content (AvgIpc) is 2.73. The van der Waals surface area contributed by atoms with Gasteiger partial charge in [-0.1, -0.05) is 85.5 Å². The summed E-state index contributed by atoms with van der Waals surface area (Å²) < 4.78 is 28.7. The number of hydrogen-bond acceptors (Lipinski definition) is 3. The molecule has 0 aromatic heterocycles. The maximum absolute atomic E-state index is 13.0. The van der Waals surface area contributed by atoms with Gasteiger partial charge in [-0.3, -0.25) is 0 Å². The van der Waals surface area contributed by atoms with Crippen LogP contribution in [-0.2, 0) is 10.0 Å². The number of nitrogens with two attached hydrogens (primary N) is 1. The Morgan fingerprint density at radius 1 is 0.815 bits per heavy atom. The van der Waals surface area contributed by atoms with Gasteiger partial charge in [0, 0.05) is 0 Å². The SMILES string of the molecule is C=Cc1ccc(S(=O)(=O)N[C@H](c2ccccc2)[C@H](N)c2ccccc2)cc1. The molecule has 3 N–H and O–H groups in total. The lowest BCUT2D eigenvalue weighted by atomic mass is 9.95. The smallest absolute Gasteiger partial charge is 0.241 e. The molecule has 0 aliphatic heterocycles. The summed E-state index contributed by atoms with van der Waals surface area (Å²) >= 11 is 0. The predicted octanol–water partition coefficient (Wildman–Crippen LogP) is 4.05. The Kier molecular flexibility index (Phi) is 5.86. The normalized spacial score (nSPS) is 13.7. The van der Waals surface area contributed by atoms with E-state index in [2.05, 4.69) is 11.3 Å². The molecule has 3 aromatic rings. The highest BCUT2D eigenvalue weighted by Crippen LogP contribution is 2.28. The van der Waals surface area contributed by atoms with E-state index >= 15 is 0 Å². The molecule has 3 rings (SSSR count). The van der Waals surface area contributed by atoms with Gasteiger partial charge >= 0.3 is 0 Å². The first-order chi connectivity index (χ1) is 13.0. The van der Waals surface area contributed by atoms with Crippen LogP contribution in [0.4, 0.5) is 0 Å². The largest absolute Gasteiger partial charge is 0.322 e. The number of rotatable bonds is 7. The van der Waals surface area contributed by atoms with Gasteiger partial charge in [-0.2, -0.15) is 0 Å². The highest BCUT2D eigenvalue weighted by Gasteiger charge is 2.27. The first-order valence-corrected chi connectivity index (χ1v) is 10.1. The third kappa shape index (κ3) is 4.52. The predicted molar refractivity (Wildman–Crippen MR) is 109 cm³/mol. The molecule has 0 aliphatic rings. The van der Waals surface area contributed by atoms with Crippen LogP contribution >= 0.6 is 0 Å². The molecular formula is C22H22N2O2S. The average molecular weight is 378 g/mol. The molecule has 0 unspecified atom stereocenters. The lowest BCUT2D eigenvalue weighted by Crippen LogP contribution is -2.36. The Bertz CT molecular complexity index is 986. The molecule has 3 aromatic carbocycles. The fourth-order valence-corrected chi connectivity index (χ4v) is 4.14. The maximum atomic E-state index is 13.0. The van der Waals surface area contributed by atoms with Crippen LogP contribution in [0.3, 0.4) is 0 Å². The second kappa shape index (κ2) is 8.31. The van der Waals surface area contributed by atoms with Gasteiger partial charge in [0.15, 0.2) is 0 Å². The van der Waals surface area contributed by atoms with E-state index < -0.39 is 22.1 Å². The van der Waals surface area contributed by atoms with E-state index in [0.29, 0.717) is 0 Å². The zero-order valence-corrected chi connectivity index (χ0v) is 15.6. The Balaban J connectivity index is 1.96. The third-order valence-corrected chi connectivity index (χ3v) is 5.87. The highest BCUT2D eigenvalue weighted by molar-refractivity contribution is 7.89. The van der Waals surface area contributed by atoms with E-state index in [9.17, 15) is 8.42 Å². The van der Waals surface area contributed by atoms with Crippen LogP contribution < -0.4 is 10.5 Å². The number of benzene rings is 3. The van der Waals surface area contributed by atoms with E-state index in [0.717, 1.165) is 16.7 Å². The highest BCUT2D eigenvalue weighted by atomic mass is 32.2. The van der Waals surface area contributed by atoms with Crippen molar-refractivity contribution in [1.29, 1.82) is 0 Å². The topological polar surface area (TPSA) is 72.2 Å². The van der Waals surface area contributed by atoms with Gasteiger partial charge < -0.3 is 5.73 Å². The monoisotopic (exact) mass is 378 g/mol. The zero-order chi connectivity index (χ0) is 19.3. The summed E-state index contributed by atoms with van der Waals surface area (Å²) in [6, 6.07) is 24.3. The van der Waals surface area contributed by atoms with Crippen LogP contribution in [-0.4, -0.2) is 8.42 Å². The summed E-state index contributed by atoms with van der Waals surface area (Å²) in [5.74, 6) is 0. The Hall–Kier alpha value is -2.73. The Labute approximate surface area is 160 Å². The molecule has 0 bridgehead atoms. The minimum absolute atomic E-state index is 0.189. The zero-order valence-electron chi connectivity index (χ0n) is 14.8. The van der Waals surface area contributed by atoms with Crippen molar-refractivity contribution in [3.8, 4) is 0 Å². The number of hydrogen-bond donors (Lipinski definition) is 2. The van der Waals surface area contributed by atoms with Crippen LogP contribution in [0.25, 0.3) is 6.08 Å². The van der Waals surface area contributed by atoms with Crippen molar-refractivity contribution in [1.82, 2.24) is 4.72 Å². The second-order valence-electron chi connectivity index (χ2n) is 6.22. The number of sulfonamides is 1. The molecule has 0 saturated carbocycles. The molecule has 0 spiro atoms. The first kappa shape index (κ1) is 19.0. The van der Waals surface area contributed by atoms with Crippen molar-refractivity contribution in [2.75, 3.05) is 0 Å². The molecule has 0 fully saturated rings. The lowest BCUT2D eigenvalue weighted by molar-refractivity contribution is 0.504. The van der Waals surface area contributed by atoms with Crippen LogP contribution in [0.5, 0.6) is 0 Å². The van der Waals surface area contributed by atoms with E-state index in [1.165, 1.54) is 0 Å². The third-order valence-electron chi connectivity index (χ3n) is 4.41. The molecule has 27 heavy (non-hydrogen) atoms. The van der Waals surface area contributed by atoms with Crippen molar-refractivity contribution < 1.29 is 8.42 Å². The maximum Gasteiger partial charge on any atom is 0.241 e. The van der Waals surface area contributed by atoms with Gasteiger partial charge in [-0.15, -0.1) is 0 Å². The molecule has 5 heteroatoms. The van der Waals surface area contributed by atoms with Crippen molar-refractivity contribution >= 4 is 16.1 Å². The summed E-state index contributed by atoms with van der Waals surface area (Å²) in [5.41, 5.74) is 8.98. The fourth-order valence-electron chi connectivity index (χ4n) is 2.90. The molecule has 4 nitrogen and oxygen atoms in total. The summed E-state index contributed by atoms with van der Waals surface area (Å²) in [7, 11) is -3.75. The summed E-state index contributed by atoms with van der Waals surface area (Å²) in [4.78, 5) is 0.189. The van der Waals surface area contributed by atoms with Gasteiger partial charge in [0.05, 0.1) is 17.0 Å². The van der Waals surface area contributed by atoms with Crippen molar-refractivity contribution in [2.24, 2.45) is 5.73 Å². The van der Waals surface area contributed by atoms with Crippen LogP contribution in [0.1, 0.15) is 28.8 Å². The van der Waals surface area contributed by atoms with Gasteiger partial charge in [0.25, 0.3) is 0 Å². The molecule has 0 radical (unpaired) electrons. The van der Waals surface area contributed by atoms with Crippen LogP contribution in [0.15, 0.2) is 96.4 Å². The van der Waals surface area contributed by atoms with Gasteiger partial charge in [0.1, 0.15) is 0 Å². The van der Waals surface area contributed by atoms with E-state index in [1.54, 1.807) is 30.3 Å². The van der Waals surface area contributed by atoms with Crippen molar-refractivity contribution in [2.45, 2.75) is 17.0 Å². The molecule has 0 aliphatic carbocycles. The van der Waals surface area contributed by atoms with Crippen LogP contribution in [0, 0.1) is 0 Å².